The minimum absolute atomic E-state index is 0.340. The number of halogens is 1. The summed E-state index contributed by atoms with van der Waals surface area (Å²) in [6.45, 7) is 0. The normalized spacial score (nSPS) is 9.37. The average molecular weight is 315 g/mol. The van der Waals surface area contributed by atoms with Gasteiger partial charge in [0.25, 0.3) is 0 Å². The lowest BCUT2D eigenvalue weighted by molar-refractivity contribution is 0.0601. The van der Waals surface area contributed by atoms with Gasteiger partial charge in [-0.15, -0.1) is 0 Å². The van der Waals surface area contributed by atoms with E-state index in [1.165, 1.54) is 7.11 Å². The van der Waals surface area contributed by atoms with Crippen LogP contribution in [0, 0.1) is 11.8 Å². The van der Waals surface area contributed by atoms with Crippen LogP contribution in [0.5, 0.6) is 0 Å². The minimum Gasteiger partial charge on any atom is -0.465 e. The topological polar surface area (TPSA) is 26.3 Å². The zero-order valence-electron chi connectivity index (χ0n) is 10.3. The van der Waals surface area contributed by atoms with Gasteiger partial charge in [-0.2, -0.15) is 0 Å². The van der Waals surface area contributed by atoms with Gasteiger partial charge in [0, 0.05) is 15.6 Å². The fourth-order valence-corrected chi connectivity index (χ4v) is 1.75. The molecule has 0 atom stereocenters. The molecular weight excluding hydrogens is 304 g/mol. The highest BCUT2D eigenvalue weighted by atomic mass is 79.9. The zero-order valence-corrected chi connectivity index (χ0v) is 11.9. The number of hydrogen-bond acceptors (Lipinski definition) is 2. The van der Waals surface area contributed by atoms with Crippen LogP contribution in [0.1, 0.15) is 21.5 Å². The van der Waals surface area contributed by atoms with E-state index in [2.05, 4.69) is 32.5 Å². The summed E-state index contributed by atoms with van der Waals surface area (Å²) < 4.78 is 5.67. The molecule has 0 aromatic heterocycles. The smallest absolute Gasteiger partial charge is 0.337 e. The van der Waals surface area contributed by atoms with Crippen LogP contribution in [0.2, 0.25) is 0 Å². The van der Waals surface area contributed by atoms with Gasteiger partial charge in [-0.05, 0) is 48.5 Å². The van der Waals surface area contributed by atoms with E-state index in [4.69, 9.17) is 0 Å². The number of carbonyl (C=O) groups excluding carboxylic acids is 1. The van der Waals surface area contributed by atoms with Gasteiger partial charge in [0.05, 0.1) is 12.7 Å². The lowest BCUT2D eigenvalue weighted by Gasteiger charge is -1.98. The fourth-order valence-electron chi connectivity index (χ4n) is 1.49. The Morgan fingerprint density at radius 1 is 0.947 bits per heavy atom. The number of benzene rings is 2. The Kier molecular flexibility index (Phi) is 4.38. The number of rotatable bonds is 1. The molecule has 2 aromatic carbocycles. The summed E-state index contributed by atoms with van der Waals surface area (Å²) in [5.41, 5.74) is 2.33. The first kappa shape index (κ1) is 13.4. The molecule has 0 aliphatic carbocycles. The van der Waals surface area contributed by atoms with E-state index in [9.17, 15) is 4.79 Å². The first-order valence-corrected chi connectivity index (χ1v) is 6.44. The van der Waals surface area contributed by atoms with Crippen molar-refractivity contribution in [2.45, 2.75) is 0 Å². The van der Waals surface area contributed by atoms with Crippen molar-refractivity contribution in [2.75, 3.05) is 7.11 Å². The maximum Gasteiger partial charge on any atom is 0.337 e. The van der Waals surface area contributed by atoms with Crippen molar-refractivity contribution >= 4 is 21.9 Å². The highest BCUT2D eigenvalue weighted by molar-refractivity contribution is 9.10. The average Bonchev–Trinajstić information content (AvgIpc) is 2.46. The van der Waals surface area contributed by atoms with Crippen LogP contribution in [0.3, 0.4) is 0 Å². The maximum absolute atomic E-state index is 11.3. The summed E-state index contributed by atoms with van der Waals surface area (Å²) in [6.07, 6.45) is 0. The van der Waals surface area contributed by atoms with Gasteiger partial charge in [-0.25, -0.2) is 4.79 Å². The first-order valence-electron chi connectivity index (χ1n) is 5.65. The van der Waals surface area contributed by atoms with E-state index in [-0.39, 0.29) is 5.97 Å². The van der Waals surface area contributed by atoms with Crippen molar-refractivity contribution in [2.24, 2.45) is 0 Å². The van der Waals surface area contributed by atoms with Crippen molar-refractivity contribution in [1.29, 1.82) is 0 Å². The predicted molar refractivity (Wildman–Crippen MR) is 77.9 cm³/mol. The van der Waals surface area contributed by atoms with Crippen LogP contribution in [0.4, 0.5) is 0 Å². The number of esters is 1. The van der Waals surface area contributed by atoms with Crippen LogP contribution in [-0.4, -0.2) is 13.1 Å². The van der Waals surface area contributed by atoms with E-state index >= 15 is 0 Å². The molecule has 0 saturated heterocycles. The van der Waals surface area contributed by atoms with Crippen molar-refractivity contribution in [3.63, 3.8) is 0 Å². The molecular formula is C16H11BrO2. The Bertz CT molecular complexity index is 631. The van der Waals surface area contributed by atoms with Crippen molar-refractivity contribution in [1.82, 2.24) is 0 Å². The lowest BCUT2D eigenvalue weighted by Crippen LogP contribution is -2.00. The van der Waals surface area contributed by atoms with E-state index < -0.39 is 0 Å². The summed E-state index contributed by atoms with van der Waals surface area (Å²) in [5, 5.41) is 0. The fraction of sp³-hybridized carbons (Fsp3) is 0.0625. The van der Waals surface area contributed by atoms with Gasteiger partial charge in [0.1, 0.15) is 0 Å². The lowest BCUT2D eigenvalue weighted by atomic mass is 10.1. The summed E-state index contributed by atoms with van der Waals surface area (Å²) >= 11 is 3.38. The second-order valence-electron chi connectivity index (χ2n) is 3.83. The Labute approximate surface area is 120 Å². The molecule has 0 radical (unpaired) electrons. The maximum atomic E-state index is 11.3. The van der Waals surface area contributed by atoms with Crippen molar-refractivity contribution in [3.8, 4) is 11.8 Å². The van der Waals surface area contributed by atoms with Crippen LogP contribution in [-0.2, 0) is 4.74 Å². The third kappa shape index (κ3) is 3.70. The molecule has 2 aromatic rings. The third-order valence-corrected chi connectivity index (χ3v) is 3.03. The Morgan fingerprint density at radius 2 is 1.42 bits per heavy atom. The minimum atomic E-state index is -0.340. The SMILES string of the molecule is COC(=O)c1ccc(C#Cc2ccc(Br)cc2)cc1. The molecule has 3 heteroatoms. The zero-order chi connectivity index (χ0) is 13.7. The number of ether oxygens (including phenoxy) is 1. The van der Waals surface area contributed by atoms with E-state index in [1.54, 1.807) is 24.3 Å². The number of carbonyl (C=O) groups is 1. The summed E-state index contributed by atoms with van der Waals surface area (Å²) in [5.74, 6) is 5.77. The Hall–Kier alpha value is -2.05. The molecule has 0 amide bonds. The second-order valence-corrected chi connectivity index (χ2v) is 4.74. The molecule has 19 heavy (non-hydrogen) atoms. The quantitative estimate of drug-likeness (QED) is 0.593. The molecule has 2 rings (SSSR count). The predicted octanol–water partition coefficient (Wildman–Crippen LogP) is 3.64. The largest absolute Gasteiger partial charge is 0.465 e. The van der Waals surface area contributed by atoms with E-state index in [0.717, 1.165) is 15.6 Å². The first-order chi connectivity index (χ1) is 9.19. The molecule has 0 fully saturated rings. The number of hydrogen-bond donors (Lipinski definition) is 0. The van der Waals surface area contributed by atoms with Crippen LogP contribution in [0.25, 0.3) is 0 Å². The Balaban J connectivity index is 2.16. The summed E-state index contributed by atoms with van der Waals surface area (Å²) in [4.78, 5) is 11.3. The standard InChI is InChI=1S/C16H11BrO2/c1-19-16(18)14-8-4-12(5-9-14)2-3-13-6-10-15(17)11-7-13/h4-11H,1H3. The monoisotopic (exact) mass is 314 g/mol. The van der Waals surface area contributed by atoms with Crippen LogP contribution >= 0.6 is 15.9 Å². The summed E-state index contributed by atoms with van der Waals surface area (Å²) in [6, 6.07) is 14.8. The molecule has 0 bridgehead atoms. The van der Waals surface area contributed by atoms with Gasteiger partial charge >= 0.3 is 5.97 Å². The molecule has 2 nitrogen and oxygen atoms in total. The molecule has 0 N–H and O–H groups in total. The molecule has 0 saturated carbocycles. The molecule has 0 unspecified atom stereocenters. The molecule has 0 aliphatic rings. The Morgan fingerprint density at radius 3 is 1.89 bits per heavy atom. The van der Waals surface area contributed by atoms with Gasteiger partial charge in [0.15, 0.2) is 0 Å². The molecule has 94 valence electrons. The number of methoxy groups -OCH3 is 1. The third-order valence-electron chi connectivity index (χ3n) is 2.50. The van der Waals surface area contributed by atoms with Crippen LogP contribution < -0.4 is 0 Å². The highest BCUT2D eigenvalue weighted by Gasteiger charge is 2.02. The van der Waals surface area contributed by atoms with E-state index in [1.807, 2.05) is 24.3 Å². The van der Waals surface area contributed by atoms with Gasteiger partial charge < -0.3 is 4.74 Å². The second kappa shape index (κ2) is 6.21. The van der Waals surface area contributed by atoms with Crippen LogP contribution in [0.15, 0.2) is 53.0 Å². The van der Waals surface area contributed by atoms with Gasteiger partial charge in [-0.3, -0.25) is 0 Å². The van der Waals surface area contributed by atoms with Gasteiger partial charge in [-0.1, -0.05) is 27.8 Å². The van der Waals surface area contributed by atoms with E-state index in [0.29, 0.717) is 5.56 Å². The van der Waals surface area contributed by atoms with Gasteiger partial charge in [0.2, 0.25) is 0 Å². The molecule has 0 heterocycles. The molecule has 0 spiro atoms. The van der Waals surface area contributed by atoms with Crippen molar-refractivity contribution in [3.05, 3.63) is 69.7 Å². The summed E-state index contributed by atoms with van der Waals surface area (Å²) in [7, 11) is 1.36. The highest BCUT2D eigenvalue weighted by Crippen LogP contribution is 2.10. The molecule has 0 aliphatic heterocycles. The van der Waals surface area contributed by atoms with Crippen molar-refractivity contribution < 1.29 is 9.53 Å².